The van der Waals surface area contributed by atoms with Crippen LogP contribution in [0.4, 0.5) is 22.0 Å². The zero-order valence-electron chi connectivity index (χ0n) is 21.8. The Morgan fingerprint density at radius 2 is 1.79 bits per heavy atom. The maximum absolute atomic E-state index is 15.5. The van der Waals surface area contributed by atoms with Crippen molar-refractivity contribution >= 4 is 11.8 Å². The number of halogens is 5. The van der Waals surface area contributed by atoms with E-state index in [-0.39, 0.29) is 54.3 Å². The zero-order chi connectivity index (χ0) is 29.2. The third-order valence-electron chi connectivity index (χ3n) is 6.66. The van der Waals surface area contributed by atoms with E-state index in [0.29, 0.717) is 0 Å². The van der Waals surface area contributed by atoms with Crippen LogP contribution in [0.25, 0.3) is 11.3 Å². The molecule has 6 N–H and O–H groups in total. The van der Waals surface area contributed by atoms with Gasteiger partial charge in [-0.3, -0.25) is 0 Å². The summed E-state index contributed by atoms with van der Waals surface area (Å²) >= 11 is 0.831. The van der Waals surface area contributed by atoms with Gasteiger partial charge in [0.05, 0.1) is 28.2 Å². The largest absolute Gasteiger partial charge is 0.398 e. The van der Waals surface area contributed by atoms with Crippen molar-refractivity contribution in [1.29, 1.82) is 0 Å². The highest BCUT2D eigenvalue weighted by Crippen LogP contribution is 2.45. The average Bonchev–Trinajstić information content (AvgIpc) is 2.84. The molecule has 1 saturated heterocycles. The first-order valence-electron chi connectivity index (χ1n) is 12.1. The Balaban J connectivity index is 2.05. The van der Waals surface area contributed by atoms with E-state index in [1.165, 1.54) is 32.2 Å². The van der Waals surface area contributed by atoms with Gasteiger partial charge < -0.3 is 25.7 Å². The van der Waals surface area contributed by atoms with Crippen molar-refractivity contribution in [3.05, 3.63) is 65.1 Å². The number of alkyl halides is 3. The van der Waals surface area contributed by atoms with Crippen LogP contribution in [0.1, 0.15) is 43.2 Å². The van der Waals surface area contributed by atoms with Crippen molar-refractivity contribution in [3.63, 3.8) is 0 Å². The molecule has 0 radical (unpaired) electrons. The Kier molecular flexibility index (Phi) is 9.54. The first kappa shape index (κ1) is 31.1. The highest BCUT2D eigenvalue weighted by Gasteiger charge is 2.47. The molecule has 2 heterocycles. The number of thioether (sulfide) groups is 1. The third-order valence-corrected chi connectivity index (χ3v) is 7.73. The van der Waals surface area contributed by atoms with Crippen LogP contribution >= 0.6 is 11.8 Å². The molecule has 2 unspecified atom stereocenters. The number of hydrazine groups is 1. The number of benzene rings is 1. The second-order valence-corrected chi connectivity index (χ2v) is 11.0. The minimum absolute atomic E-state index is 0.0854. The predicted octanol–water partition coefficient (Wildman–Crippen LogP) is 4.35. The number of rotatable bonds is 9. The van der Waals surface area contributed by atoms with Crippen molar-refractivity contribution in [2.75, 3.05) is 26.0 Å². The molecule has 0 aliphatic carbocycles. The molecule has 1 fully saturated rings. The van der Waals surface area contributed by atoms with Crippen molar-refractivity contribution in [3.8, 4) is 11.3 Å². The zero-order valence-corrected chi connectivity index (χ0v) is 22.6. The van der Waals surface area contributed by atoms with Crippen LogP contribution in [0, 0.1) is 17.6 Å². The highest BCUT2D eigenvalue weighted by molar-refractivity contribution is 7.98. The van der Waals surface area contributed by atoms with Gasteiger partial charge in [0, 0.05) is 49.9 Å². The maximum Gasteiger partial charge on any atom is 0.395 e. The van der Waals surface area contributed by atoms with Crippen LogP contribution < -0.4 is 11.6 Å². The van der Waals surface area contributed by atoms with E-state index >= 15 is 4.39 Å². The molecule has 216 valence electrons. The fourth-order valence-corrected chi connectivity index (χ4v) is 5.31. The van der Waals surface area contributed by atoms with E-state index in [9.17, 15) is 27.8 Å². The number of ether oxygens (including phenoxy) is 1. The number of aliphatic hydroxyl groups is 2. The van der Waals surface area contributed by atoms with Gasteiger partial charge in [0.25, 0.3) is 0 Å². The first-order valence-corrected chi connectivity index (χ1v) is 13.4. The summed E-state index contributed by atoms with van der Waals surface area (Å²) in [6, 6.07) is 5.77. The molecule has 3 rings (SSSR count). The van der Waals surface area contributed by atoms with E-state index < -0.39 is 46.7 Å². The van der Waals surface area contributed by atoms with Crippen LogP contribution in [0.2, 0.25) is 0 Å². The molecule has 39 heavy (non-hydrogen) atoms. The summed E-state index contributed by atoms with van der Waals surface area (Å²) in [7, 11) is 0. The summed E-state index contributed by atoms with van der Waals surface area (Å²) in [5, 5.41) is 20.7. The fraction of sp³-hybridized carbons (Fsp3) is 0.500. The Morgan fingerprint density at radius 1 is 1.21 bits per heavy atom. The van der Waals surface area contributed by atoms with E-state index in [4.69, 9.17) is 16.3 Å². The van der Waals surface area contributed by atoms with Crippen LogP contribution in [0.5, 0.6) is 0 Å². The molecule has 2 atom stereocenters. The minimum Gasteiger partial charge on any atom is -0.398 e. The van der Waals surface area contributed by atoms with Gasteiger partial charge in [-0.1, -0.05) is 0 Å². The second kappa shape index (κ2) is 12.0. The first-order chi connectivity index (χ1) is 18.1. The average molecular weight is 577 g/mol. The molecule has 1 aliphatic rings. The quantitative estimate of drug-likeness (QED) is 0.198. The number of aromatic nitrogens is 1. The Hall–Kier alpha value is -2.45. The normalized spacial score (nSPS) is 18.1. The Labute approximate surface area is 228 Å². The SMILES string of the molecule is CSC(c1cc(C(C)(C)O)c(F)c(-c2ccc(F)cc2)n1)C(CN(N)/C=C(\N)C1(O)CCOCC1)C(F)(F)F. The van der Waals surface area contributed by atoms with E-state index in [0.717, 1.165) is 41.2 Å². The lowest BCUT2D eigenvalue weighted by atomic mass is 9.91. The van der Waals surface area contributed by atoms with Crippen LogP contribution in [0.15, 0.2) is 42.2 Å². The summed E-state index contributed by atoms with van der Waals surface area (Å²) in [5.41, 5.74) is 2.12. The maximum atomic E-state index is 15.5. The van der Waals surface area contributed by atoms with Crippen molar-refractivity contribution in [2.24, 2.45) is 17.5 Å². The Morgan fingerprint density at radius 3 is 2.31 bits per heavy atom. The van der Waals surface area contributed by atoms with E-state index in [1.54, 1.807) is 0 Å². The van der Waals surface area contributed by atoms with Crippen LogP contribution in [0.3, 0.4) is 0 Å². The molecule has 0 saturated carbocycles. The topological polar surface area (TPSA) is 118 Å². The lowest BCUT2D eigenvalue weighted by molar-refractivity contribution is -0.178. The van der Waals surface area contributed by atoms with Gasteiger partial charge in [-0.05, 0) is 50.4 Å². The number of hydrogen-bond donors (Lipinski definition) is 4. The van der Waals surface area contributed by atoms with E-state index in [1.807, 2.05) is 0 Å². The van der Waals surface area contributed by atoms with Gasteiger partial charge in [-0.2, -0.15) is 24.9 Å². The number of hydrogen-bond acceptors (Lipinski definition) is 8. The third kappa shape index (κ3) is 7.40. The van der Waals surface area contributed by atoms with Gasteiger partial charge >= 0.3 is 6.18 Å². The molecule has 13 heteroatoms. The number of nitrogens with zero attached hydrogens (tertiary/aromatic N) is 2. The van der Waals surface area contributed by atoms with Crippen molar-refractivity contribution in [2.45, 2.75) is 49.3 Å². The summed E-state index contributed by atoms with van der Waals surface area (Å²) < 4.78 is 77.5. The standard InChI is InChI=1S/C26H33F5N4O3S/c1-24(2,36)17-12-19(34-22(21(17)28)15-4-6-16(27)7-5-15)23(39-3)18(26(29,30)31)13-35(33)14-20(32)25(37)8-10-38-11-9-25/h4-7,12,14,18,23,36-37H,8-11,13,32-33H2,1-3H3/b20-14-. The molecule has 0 spiro atoms. The summed E-state index contributed by atoms with van der Waals surface area (Å²) in [4.78, 5) is 4.22. The fourth-order valence-electron chi connectivity index (χ4n) is 4.38. The molecule has 1 aliphatic heterocycles. The summed E-state index contributed by atoms with van der Waals surface area (Å²) in [5.74, 6) is 2.31. The van der Waals surface area contributed by atoms with E-state index in [2.05, 4.69) is 4.98 Å². The number of nitrogens with two attached hydrogens (primary N) is 2. The smallest absolute Gasteiger partial charge is 0.395 e. The molecule has 1 aromatic heterocycles. The molecular weight excluding hydrogens is 543 g/mol. The van der Waals surface area contributed by atoms with Crippen molar-refractivity contribution in [1.82, 2.24) is 9.99 Å². The van der Waals surface area contributed by atoms with Gasteiger partial charge in [0.2, 0.25) is 0 Å². The molecule has 0 bridgehead atoms. The summed E-state index contributed by atoms with van der Waals surface area (Å²) in [6.07, 6.45) is -1.91. The van der Waals surface area contributed by atoms with Crippen LogP contribution in [-0.4, -0.2) is 58.0 Å². The van der Waals surface area contributed by atoms with Gasteiger partial charge in [-0.15, -0.1) is 0 Å². The van der Waals surface area contributed by atoms with Gasteiger partial charge in [0.15, 0.2) is 5.82 Å². The predicted molar refractivity (Wildman–Crippen MR) is 139 cm³/mol. The Bertz CT molecular complexity index is 1170. The highest BCUT2D eigenvalue weighted by atomic mass is 32.2. The second-order valence-electron chi connectivity index (χ2n) is 10.1. The summed E-state index contributed by atoms with van der Waals surface area (Å²) in [6.45, 7) is 2.33. The molecule has 2 aromatic rings. The lowest BCUT2D eigenvalue weighted by Gasteiger charge is -2.34. The van der Waals surface area contributed by atoms with Crippen LogP contribution in [-0.2, 0) is 10.3 Å². The minimum atomic E-state index is -4.77. The van der Waals surface area contributed by atoms with Gasteiger partial charge in [0.1, 0.15) is 17.1 Å². The molecule has 7 nitrogen and oxygen atoms in total. The number of pyridine rings is 1. The molecular formula is C26H33F5N4O3S. The monoisotopic (exact) mass is 576 g/mol. The molecule has 1 aromatic carbocycles. The van der Waals surface area contributed by atoms with Gasteiger partial charge in [-0.25, -0.2) is 19.6 Å². The lowest BCUT2D eigenvalue weighted by Crippen LogP contribution is -2.45. The van der Waals surface area contributed by atoms with Crippen molar-refractivity contribution < 1.29 is 36.9 Å². The molecule has 0 amide bonds.